The van der Waals surface area contributed by atoms with E-state index in [9.17, 15) is 4.79 Å². The Labute approximate surface area is 126 Å². The number of halogens is 2. The van der Waals surface area contributed by atoms with Crippen molar-refractivity contribution in [1.82, 2.24) is 4.98 Å². The van der Waals surface area contributed by atoms with Gasteiger partial charge in [0.1, 0.15) is 11.3 Å². The number of ether oxygens (including phenoxy) is 2. The van der Waals surface area contributed by atoms with Gasteiger partial charge in [0, 0.05) is 10.7 Å². The number of carbonyl (C=O) groups excluding carboxylic acids is 1. The van der Waals surface area contributed by atoms with Crippen molar-refractivity contribution < 1.29 is 14.3 Å². The zero-order chi connectivity index (χ0) is 14.2. The molecule has 0 aliphatic carbocycles. The van der Waals surface area contributed by atoms with Crippen LogP contribution in [0.15, 0.2) is 21.2 Å². The largest absolute Gasteiger partial charge is 0.495 e. The highest BCUT2D eigenvalue weighted by molar-refractivity contribution is 9.11. The molecule has 2 N–H and O–H groups in total. The molecule has 1 aromatic carbocycles. The molecule has 0 saturated carbocycles. The molecule has 0 amide bonds. The second-order valence-electron chi connectivity index (χ2n) is 3.67. The molecule has 0 unspecified atom stereocenters. The molecule has 0 aliphatic rings. The van der Waals surface area contributed by atoms with Crippen LogP contribution in [0.25, 0.3) is 10.9 Å². The summed E-state index contributed by atoms with van der Waals surface area (Å²) in [5.74, 6) is -0.0148. The van der Waals surface area contributed by atoms with E-state index in [1.807, 2.05) is 6.07 Å². The van der Waals surface area contributed by atoms with Crippen LogP contribution in [0.4, 0.5) is 5.69 Å². The molecular weight excluding hydrogens is 380 g/mol. The van der Waals surface area contributed by atoms with Crippen molar-refractivity contribution in [3.05, 3.63) is 26.8 Å². The lowest BCUT2D eigenvalue weighted by atomic mass is 10.1. The molecule has 0 aliphatic heterocycles. The fourth-order valence-electron chi connectivity index (χ4n) is 1.77. The standard InChI is InChI=1S/C12H10Br2N2O3/c1-18-11-7(14)3-6(13)10-8(11)9(15)5(4-16-10)12(17)19-2/h3-4H,1-2H3,(H2,15,16). The smallest absolute Gasteiger partial charge is 0.341 e. The van der Waals surface area contributed by atoms with E-state index in [0.29, 0.717) is 21.1 Å². The van der Waals surface area contributed by atoms with Crippen molar-refractivity contribution >= 4 is 54.4 Å². The number of benzene rings is 1. The molecule has 0 spiro atoms. The van der Waals surface area contributed by atoms with Gasteiger partial charge in [-0.05, 0) is 37.9 Å². The summed E-state index contributed by atoms with van der Waals surface area (Å²) in [5.41, 5.74) is 7.14. The minimum absolute atomic E-state index is 0.207. The quantitative estimate of drug-likeness (QED) is 0.798. The summed E-state index contributed by atoms with van der Waals surface area (Å²) in [6, 6.07) is 1.81. The SMILES string of the molecule is COC(=O)c1cnc2c(Br)cc(Br)c(OC)c2c1N. The number of anilines is 1. The van der Waals surface area contributed by atoms with E-state index in [1.54, 1.807) is 0 Å². The Morgan fingerprint density at radius 1 is 1.32 bits per heavy atom. The Bertz CT molecular complexity index is 674. The molecule has 2 aromatic rings. The first kappa shape index (κ1) is 14.1. The summed E-state index contributed by atoms with van der Waals surface area (Å²) in [7, 11) is 2.82. The molecule has 0 saturated heterocycles. The van der Waals surface area contributed by atoms with Gasteiger partial charge >= 0.3 is 5.97 Å². The maximum Gasteiger partial charge on any atom is 0.341 e. The maximum atomic E-state index is 11.6. The molecule has 0 atom stereocenters. The van der Waals surface area contributed by atoms with Crippen LogP contribution in [0, 0.1) is 0 Å². The van der Waals surface area contributed by atoms with E-state index in [2.05, 4.69) is 41.6 Å². The van der Waals surface area contributed by atoms with E-state index in [4.69, 9.17) is 10.5 Å². The predicted molar refractivity (Wildman–Crippen MR) is 79.4 cm³/mol. The number of fused-ring (bicyclic) bond motifs is 1. The summed E-state index contributed by atoms with van der Waals surface area (Å²) >= 11 is 6.79. The fraction of sp³-hybridized carbons (Fsp3) is 0.167. The highest BCUT2D eigenvalue weighted by atomic mass is 79.9. The first-order valence-corrected chi connectivity index (χ1v) is 6.78. The monoisotopic (exact) mass is 388 g/mol. The number of hydrogen-bond donors (Lipinski definition) is 1. The minimum atomic E-state index is -0.537. The van der Waals surface area contributed by atoms with E-state index in [1.165, 1.54) is 20.4 Å². The Kier molecular flexibility index (Phi) is 3.96. The van der Waals surface area contributed by atoms with E-state index >= 15 is 0 Å². The number of nitrogens with two attached hydrogens (primary N) is 1. The molecule has 0 radical (unpaired) electrons. The molecule has 0 fully saturated rings. The Hall–Kier alpha value is -1.34. The van der Waals surface area contributed by atoms with E-state index in [-0.39, 0.29) is 11.3 Å². The molecule has 5 nitrogen and oxygen atoms in total. The maximum absolute atomic E-state index is 11.6. The number of pyridine rings is 1. The average molecular weight is 390 g/mol. The highest BCUT2D eigenvalue weighted by Gasteiger charge is 2.19. The summed E-state index contributed by atoms with van der Waals surface area (Å²) < 4.78 is 11.5. The van der Waals surface area contributed by atoms with Crippen molar-refractivity contribution in [3.63, 3.8) is 0 Å². The van der Waals surface area contributed by atoms with Gasteiger partial charge in [0.15, 0.2) is 0 Å². The van der Waals surface area contributed by atoms with Gasteiger partial charge in [0.05, 0.1) is 35.3 Å². The van der Waals surface area contributed by atoms with Crippen molar-refractivity contribution in [3.8, 4) is 5.75 Å². The minimum Gasteiger partial charge on any atom is -0.495 e. The van der Waals surface area contributed by atoms with Crippen LogP contribution in [0.5, 0.6) is 5.75 Å². The lowest BCUT2D eigenvalue weighted by Crippen LogP contribution is -2.07. The molecule has 19 heavy (non-hydrogen) atoms. The van der Waals surface area contributed by atoms with Gasteiger partial charge in [-0.1, -0.05) is 0 Å². The number of nitrogen functional groups attached to an aromatic ring is 1. The lowest BCUT2D eigenvalue weighted by molar-refractivity contribution is 0.0601. The van der Waals surface area contributed by atoms with Gasteiger partial charge in [-0.3, -0.25) is 4.98 Å². The van der Waals surface area contributed by atoms with Gasteiger partial charge in [-0.15, -0.1) is 0 Å². The van der Waals surface area contributed by atoms with Crippen LogP contribution in [-0.2, 0) is 4.74 Å². The summed E-state index contributed by atoms with van der Waals surface area (Å²) in [4.78, 5) is 15.9. The topological polar surface area (TPSA) is 74.4 Å². The normalized spacial score (nSPS) is 10.5. The van der Waals surface area contributed by atoms with Crippen molar-refractivity contribution in [2.24, 2.45) is 0 Å². The van der Waals surface area contributed by atoms with Crippen LogP contribution < -0.4 is 10.5 Å². The van der Waals surface area contributed by atoms with Crippen molar-refractivity contribution in [2.45, 2.75) is 0 Å². The molecule has 1 heterocycles. The predicted octanol–water partition coefficient (Wildman–Crippen LogP) is 3.14. The van der Waals surface area contributed by atoms with Gasteiger partial charge in [0.2, 0.25) is 0 Å². The Morgan fingerprint density at radius 3 is 2.58 bits per heavy atom. The summed E-state index contributed by atoms with van der Waals surface area (Å²) in [6.07, 6.45) is 1.39. The summed E-state index contributed by atoms with van der Waals surface area (Å²) in [6.45, 7) is 0. The highest BCUT2D eigenvalue weighted by Crippen LogP contribution is 2.41. The van der Waals surface area contributed by atoms with Crippen molar-refractivity contribution in [1.29, 1.82) is 0 Å². The van der Waals surface area contributed by atoms with E-state index in [0.717, 1.165) is 4.47 Å². The number of esters is 1. The molecule has 100 valence electrons. The Balaban J connectivity index is 2.91. The second kappa shape index (κ2) is 5.34. The van der Waals surface area contributed by atoms with Gasteiger partial charge in [0.25, 0.3) is 0 Å². The molecule has 2 rings (SSSR count). The zero-order valence-electron chi connectivity index (χ0n) is 10.2. The first-order chi connectivity index (χ1) is 9.01. The third kappa shape index (κ3) is 2.28. The number of hydrogen-bond acceptors (Lipinski definition) is 5. The fourth-order valence-corrected chi connectivity index (χ4v) is 3.20. The van der Waals surface area contributed by atoms with Gasteiger partial charge < -0.3 is 15.2 Å². The second-order valence-corrected chi connectivity index (χ2v) is 5.38. The lowest BCUT2D eigenvalue weighted by Gasteiger charge is -2.13. The van der Waals surface area contributed by atoms with Crippen LogP contribution in [0.2, 0.25) is 0 Å². The molecule has 1 aromatic heterocycles. The van der Waals surface area contributed by atoms with Crippen LogP contribution in [0.3, 0.4) is 0 Å². The Morgan fingerprint density at radius 2 is 2.00 bits per heavy atom. The van der Waals surface area contributed by atoms with Crippen LogP contribution in [-0.4, -0.2) is 25.2 Å². The summed E-state index contributed by atoms with van der Waals surface area (Å²) in [5, 5.41) is 0.562. The van der Waals surface area contributed by atoms with Gasteiger partial charge in [-0.2, -0.15) is 0 Å². The average Bonchev–Trinajstić information content (AvgIpc) is 2.39. The molecular formula is C12H10Br2N2O3. The number of carbonyl (C=O) groups is 1. The number of rotatable bonds is 2. The number of aromatic nitrogens is 1. The number of nitrogens with zero attached hydrogens (tertiary/aromatic N) is 1. The third-order valence-electron chi connectivity index (χ3n) is 2.65. The molecule has 7 heteroatoms. The van der Waals surface area contributed by atoms with E-state index < -0.39 is 5.97 Å². The first-order valence-electron chi connectivity index (χ1n) is 5.19. The van der Waals surface area contributed by atoms with Crippen molar-refractivity contribution in [2.75, 3.05) is 20.0 Å². The third-order valence-corrected chi connectivity index (χ3v) is 3.85. The van der Waals surface area contributed by atoms with Gasteiger partial charge in [-0.25, -0.2) is 4.79 Å². The number of methoxy groups -OCH3 is 2. The molecule has 0 bridgehead atoms. The zero-order valence-corrected chi connectivity index (χ0v) is 13.3. The van der Waals surface area contributed by atoms with Crippen LogP contribution >= 0.6 is 31.9 Å². The van der Waals surface area contributed by atoms with Crippen LogP contribution in [0.1, 0.15) is 10.4 Å².